The van der Waals surface area contributed by atoms with E-state index in [9.17, 15) is 0 Å². The van der Waals surface area contributed by atoms with Crippen LogP contribution in [0.4, 0.5) is 0 Å². The molecule has 4 heteroatoms. The lowest BCUT2D eigenvalue weighted by Gasteiger charge is -2.12. The summed E-state index contributed by atoms with van der Waals surface area (Å²) in [5.41, 5.74) is 9.52. The summed E-state index contributed by atoms with van der Waals surface area (Å²) in [6, 6.07) is 54.4. The molecular formula is C42H26N4. The molecule has 0 N–H and O–H groups in total. The highest BCUT2D eigenvalue weighted by Crippen LogP contribution is 2.34. The largest absolute Gasteiger partial charge is 0.245 e. The zero-order valence-corrected chi connectivity index (χ0v) is 24.8. The molecule has 0 bridgehead atoms. The number of hydrogen-bond donors (Lipinski definition) is 0. The number of aromatic nitrogens is 4. The molecule has 0 aliphatic rings. The lowest BCUT2D eigenvalue weighted by Crippen LogP contribution is -1.96. The van der Waals surface area contributed by atoms with Gasteiger partial charge in [0.05, 0.1) is 33.6 Å². The Labute approximate surface area is 265 Å². The van der Waals surface area contributed by atoms with Gasteiger partial charge in [0.2, 0.25) is 0 Å². The fourth-order valence-corrected chi connectivity index (χ4v) is 6.26. The first-order chi connectivity index (χ1) is 22.8. The maximum absolute atomic E-state index is 5.23. The zero-order valence-electron chi connectivity index (χ0n) is 24.8. The van der Waals surface area contributed by atoms with E-state index in [-0.39, 0.29) is 0 Å². The number of pyridine rings is 2. The van der Waals surface area contributed by atoms with Gasteiger partial charge in [0.1, 0.15) is 0 Å². The Bertz CT molecular complexity index is 2580. The minimum atomic E-state index is 0.711. The third-order valence-corrected chi connectivity index (χ3v) is 8.64. The van der Waals surface area contributed by atoms with E-state index in [4.69, 9.17) is 19.9 Å². The molecule has 0 saturated heterocycles. The Morgan fingerprint density at radius 3 is 1.57 bits per heavy atom. The summed E-state index contributed by atoms with van der Waals surface area (Å²) in [5.74, 6) is 0.711. The van der Waals surface area contributed by atoms with E-state index in [0.717, 1.165) is 72.0 Å². The number of benzene rings is 6. The Balaban J connectivity index is 1.20. The van der Waals surface area contributed by atoms with Crippen molar-refractivity contribution in [1.82, 2.24) is 19.9 Å². The number of fused-ring (bicyclic) bond motifs is 5. The molecule has 0 aliphatic heterocycles. The summed E-state index contributed by atoms with van der Waals surface area (Å²) in [7, 11) is 0. The van der Waals surface area contributed by atoms with E-state index >= 15 is 0 Å². The molecule has 9 aromatic rings. The van der Waals surface area contributed by atoms with Gasteiger partial charge in [-0.15, -0.1) is 0 Å². The van der Waals surface area contributed by atoms with Crippen LogP contribution in [0.25, 0.3) is 88.6 Å². The first-order valence-corrected chi connectivity index (χ1v) is 15.4. The van der Waals surface area contributed by atoms with Gasteiger partial charge in [-0.3, -0.25) is 0 Å². The summed E-state index contributed by atoms with van der Waals surface area (Å²) in [6.45, 7) is 0. The fraction of sp³-hybridized carbons (Fsp3) is 0. The summed E-state index contributed by atoms with van der Waals surface area (Å²) < 4.78 is 0. The molecule has 4 nitrogen and oxygen atoms in total. The van der Waals surface area contributed by atoms with Gasteiger partial charge in [0.15, 0.2) is 5.82 Å². The van der Waals surface area contributed by atoms with Crippen molar-refractivity contribution in [3.05, 3.63) is 158 Å². The van der Waals surface area contributed by atoms with Crippen molar-refractivity contribution < 1.29 is 0 Å². The zero-order chi connectivity index (χ0) is 30.5. The average Bonchev–Trinajstić information content (AvgIpc) is 3.14. The van der Waals surface area contributed by atoms with E-state index in [1.54, 1.807) is 0 Å². The molecule has 0 fully saturated rings. The van der Waals surface area contributed by atoms with Gasteiger partial charge in [0, 0.05) is 38.4 Å². The van der Waals surface area contributed by atoms with Crippen molar-refractivity contribution in [1.29, 1.82) is 0 Å². The lowest BCUT2D eigenvalue weighted by atomic mass is 10.0. The highest BCUT2D eigenvalue weighted by Gasteiger charge is 2.14. The topological polar surface area (TPSA) is 51.6 Å². The van der Waals surface area contributed by atoms with Crippen LogP contribution < -0.4 is 0 Å². The standard InChI is InChI=1S/C42H26N4/c1-3-10-28(11-4-1)39-35-26-34(21-24-38(35)45-42(46-39)31-12-5-2-6-13-31)37-23-20-30-17-16-29-19-22-36(43-40(29)41(30)44-37)33-18-15-27-9-7-8-14-32(27)25-33/h1-26H. The van der Waals surface area contributed by atoms with Crippen LogP contribution >= 0.6 is 0 Å². The van der Waals surface area contributed by atoms with Crippen LogP contribution in [0.5, 0.6) is 0 Å². The maximum Gasteiger partial charge on any atom is 0.160 e. The van der Waals surface area contributed by atoms with Gasteiger partial charge in [-0.2, -0.15) is 0 Å². The molecule has 3 aromatic heterocycles. The fourth-order valence-electron chi connectivity index (χ4n) is 6.26. The Kier molecular flexibility index (Phi) is 6.10. The highest BCUT2D eigenvalue weighted by molar-refractivity contribution is 6.04. The normalized spacial score (nSPS) is 11.5. The van der Waals surface area contributed by atoms with Crippen LogP contribution in [0.2, 0.25) is 0 Å². The quantitative estimate of drug-likeness (QED) is 0.193. The molecule has 3 heterocycles. The molecule has 0 saturated carbocycles. The van der Waals surface area contributed by atoms with Crippen molar-refractivity contribution in [3.8, 4) is 45.2 Å². The Hall–Kier alpha value is -6.26. The van der Waals surface area contributed by atoms with Gasteiger partial charge < -0.3 is 0 Å². The second kappa shape index (κ2) is 10.7. The van der Waals surface area contributed by atoms with Crippen LogP contribution in [-0.4, -0.2) is 19.9 Å². The molecule has 0 spiro atoms. The minimum absolute atomic E-state index is 0.711. The molecule has 9 rings (SSSR count). The van der Waals surface area contributed by atoms with Crippen LogP contribution in [0.15, 0.2) is 158 Å². The number of rotatable bonds is 4. The monoisotopic (exact) mass is 586 g/mol. The maximum atomic E-state index is 5.23. The molecule has 6 aromatic carbocycles. The first kappa shape index (κ1) is 26.2. The second-order valence-corrected chi connectivity index (χ2v) is 11.5. The Morgan fingerprint density at radius 1 is 0.326 bits per heavy atom. The van der Waals surface area contributed by atoms with Crippen LogP contribution in [0.3, 0.4) is 0 Å². The molecular weight excluding hydrogens is 560 g/mol. The Morgan fingerprint density at radius 2 is 0.870 bits per heavy atom. The lowest BCUT2D eigenvalue weighted by molar-refractivity contribution is 1.23. The van der Waals surface area contributed by atoms with Gasteiger partial charge in [-0.1, -0.05) is 127 Å². The van der Waals surface area contributed by atoms with E-state index < -0.39 is 0 Å². The molecule has 0 atom stereocenters. The smallest absolute Gasteiger partial charge is 0.160 e. The molecule has 0 amide bonds. The van der Waals surface area contributed by atoms with Crippen molar-refractivity contribution >= 4 is 43.5 Å². The molecule has 46 heavy (non-hydrogen) atoms. The SMILES string of the molecule is c1ccc(-c2nc(-c3ccccc3)c3cc(-c4ccc5ccc6ccc(-c7ccc8ccccc8c7)nc6c5n4)ccc3n2)cc1. The first-order valence-electron chi connectivity index (χ1n) is 15.4. The van der Waals surface area contributed by atoms with Gasteiger partial charge in [0.25, 0.3) is 0 Å². The molecule has 0 aliphatic carbocycles. The average molecular weight is 587 g/mol. The van der Waals surface area contributed by atoms with Gasteiger partial charge >= 0.3 is 0 Å². The highest BCUT2D eigenvalue weighted by atomic mass is 14.9. The van der Waals surface area contributed by atoms with E-state index in [1.807, 2.05) is 48.5 Å². The minimum Gasteiger partial charge on any atom is -0.245 e. The van der Waals surface area contributed by atoms with Crippen LogP contribution in [0.1, 0.15) is 0 Å². The van der Waals surface area contributed by atoms with Crippen molar-refractivity contribution in [3.63, 3.8) is 0 Å². The summed E-state index contributed by atoms with van der Waals surface area (Å²) in [6.07, 6.45) is 0. The van der Waals surface area contributed by atoms with E-state index in [2.05, 4.69) is 109 Å². The van der Waals surface area contributed by atoms with E-state index in [0.29, 0.717) is 5.82 Å². The molecule has 214 valence electrons. The summed E-state index contributed by atoms with van der Waals surface area (Å²) >= 11 is 0. The number of nitrogens with zero attached hydrogens (tertiary/aromatic N) is 4. The predicted octanol–water partition coefficient (Wildman–Crippen LogP) is 10.5. The van der Waals surface area contributed by atoms with Crippen molar-refractivity contribution in [2.75, 3.05) is 0 Å². The van der Waals surface area contributed by atoms with Crippen LogP contribution in [-0.2, 0) is 0 Å². The number of hydrogen-bond acceptors (Lipinski definition) is 4. The van der Waals surface area contributed by atoms with E-state index in [1.165, 1.54) is 10.8 Å². The third kappa shape index (κ3) is 4.56. The molecule has 0 unspecified atom stereocenters. The van der Waals surface area contributed by atoms with Gasteiger partial charge in [-0.25, -0.2) is 19.9 Å². The van der Waals surface area contributed by atoms with Crippen LogP contribution in [0, 0.1) is 0 Å². The summed E-state index contributed by atoms with van der Waals surface area (Å²) in [4.78, 5) is 20.5. The summed E-state index contributed by atoms with van der Waals surface area (Å²) in [5, 5.41) is 5.52. The van der Waals surface area contributed by atoms with Crippen molar-refractivity contribution in [2.24, 2.45) is 0 Å². The molecule has 0 radical (unpaired) electrons. The third-order valence-electron chi connectivity index (χ3n) is 8.64. The van der Waals surface area contributed by atoms with Crippen molar-refractivity contribution in [2.45, 2.75) is 0 Å². The van der Waals surface area contributed by atoms with Gasteiger partial charge in [-0.05, 0) is 41.1 Å². The second-order valence-electron chi connectivity index (χ2n) is 11.5. The predicted molar refractivity (Wildman–Crippen MR) is 189 cm³/mol.